The lowest BCUT2D eigenvalue weighted by Gasteiger charge is -2.59. The summed E-state index contributed by atoms with van der Waals surface area (Å²) in [5.41, 5.74) is 3.58. The van der Waals surface area contributed by atoms with Crippen molar-refractivity contribution in [2.24, 2.45) is 18.4 Å². The summed E-state index contributed by atoms with van der Waals surface area (Å²) in [6.45, 7) is 8.45. The van der Waals surface area contributed by atoms with Gasteiger partial charge in [0, 0.05) is 29.9 Å². The maximum atomic E-state index is 6.20. The molecule has 1 aliphatic heterocycles. The minimum Gasteiger partial charge on any atom is -0.347 e. The van der Waals surface area contributed by atoms with Crippen molar-refractivity contribution in [3.63, 3.8) is 0 Å². The predicted molar refractivity (Wildman–Crippen MR) is 95.4 cm³/mol. The van der Waals surface area contributed by atoms with E-state index in [9.17, 15) is 0 Å². The Morgan fingerprint density at radius 1 is 1.19 bits per heavy atom. The Morgan fingerprint density at radius 2 is 1.96 bits per heavy atom. The Morgan fingerprint density at radius 3 is 2.65 bits per heavy atom. The topological polar surface area (TPSA) is 77.9 Å². The first-order chi connectivity index (χ1) is 12.4. The molecule has 2 aromatic rings. The Bertz CT molecular complexity index is 834. The van der Waals surface area contributed by atoms with Crippen molar-refractivity contribution in [1.29, 1.82) is 0 Å². The van der Waals surface area contributed by atoms with Gasteiger partial charge in [-0.1, -0.05) is 20.8 Å². The number of aryl methyl sites for hydroxylation is 1. The average Bonchev–Trinajstić information content (AvgIpc) is 3.32. The van der Waals surface area contributed by atoms with E-state index in [0.717, 1.165) is 37.2 Å². The van der Waals surface area contributed by atoms with Gasteiger partial charge in [-0.2, -0.15) is 10.2 Å². The third-order valence-electron chi connectivity index (χ3n) is 7.36. The summed E-state index contributed by atoms with van der Waals surface area (Å²) in [6, 6.07) is 0. The van der Waals surface area contributed by atoms with Crippen molar-refractivity contribution in [2.75, 3.05) is 13.2 Å². The molecule has 7 heteroatoms. The molecule has 26 heavy (non-hydrogen) atoms. The zero-order chi connectivity index (χ0) is 18.2. The molecule has 0 radical (unpaired) electrons. The summed E-state index contributed by atoms with van der Waals surface area (Å²) < 4.78 is 14.4. The molecule has 0 aromatic carbocycles. The SMILES string of the molecule is Cn1nc2c(c1-c1ncn[nH]1)CC[C@@H]1C2(C)CCC2(OCCO2)C1(C)C. The minimum atomic E-state index is -0.433. The maximum Gasteiger partial charge on any atom is 0.174 e. The number of hydrogen-bond acceptors (Lipinski definition) is 5. The third-order valence-corrected chi connectivity index (χ3v) is 7.36. The van der Waals surface area contributed by atoms with Crippen LogP contribution in [0.5, 0.6) is 0 Å². The van der Waals surface area contributed by atoms with Crippen molar-refractivity contribution < 1.29 is 9.47 Å². The van der Waals surface area contributed by atoms with Crippen LogP contribution >= 0.6 is 0 Å². The fraction of sp³-hybridized carbons (Fsp3) is 0.737. The number of ether oxygens (including phenoxy) is 2. The van der Waals surface area contributed by atoms with E-state index in [1.165, 1.54) is 11.3 Å². The second kappa shape index (κ2) is 5.16. The van der Waals surface area contributed by atoms with Crippen LogP contribution in [0, 0.1) is 11.3 Å². The van der Waals surface area contributed by atoms with Gasteiger partial charge in [-0.3, -0.25) is 9.78 Å². The largest absolute Gasteiger partial charge is 0.347 e. The van der Waals surface area contributed by atoms with E-state index in [0.29, 0.717) is 19.1 Å². The number of aromatic amines is 1. The van der Waals surface area contributed by atoms with Crippen LogP contribution in [0.25, 0.3) is 11.5 Å². The van der Waals surface area contributed by atoms with Gasteiger partial charge in [0.25, 0.3) is 0 Å². The first-order valence-electron chi connectivity index (χ1n) is 9.59. The molecule has 1 unspecified atom stereocenters. The zero-order valence-corrected chi connectivity index (χ0v) is 16.0. The molecule has 5 rings (SSSR count). The number of rotatable bonds is 1. The van der Waals surface area contributed by atoms with E-state index in [2.05, 4.69) is 36.0 Å². The Kier molecular flexibility index (Phi) is 3.27. The summed E-state index contributed by atoms with van der Waals surface area (Å²) in [5, 5.41) is 12.0. The van der Waals surface area contributed by atoms with E-state index in [1.807, 2.05) is 11.7 Å². The van der Waals surface area contributed by atoms with E-state index in [4.69, 9.17) is 14.6 Å². The zero-order valence-electron chi connectivity index (χ0n) is 16.0. The highest BCUT2D eigenvalue weighted by Gasteiger charge is 2.64. The molecule has 7 nitrogen and oxygen atoms in total. The van der Waals surface area contributed by atoms with Crippen molar-refractivity contribution >= 4 is 0 Å². The van der Waals surface area contributed by atoms with Gasteiger partial charge in [-0.15, -0.1) is 0 Å². The van der Waals surface area contributed by atoms with Crippen molar-refractivity contribution in [3.8, 4) is 11.5 Å². The van der Waals surface area contributed by atoms with Crippen LogP contribution in [-0.4, -0.2) is 44.0 Å². The van der Waals surface area contributed by atoms with Gasteiger partial charge >= 0.3 is 0 Å². The fourth-order valence-corrected chi connectivity index (χ4v) is 6.08. The molecule has 140 valence electrons. The summed E-state index contributed by atoms with van der Waals surface area (Å²) in [4.78, 5) is 4.37. The second-order valence-corrected chi connectivity index (χ2v) is 8.81. The van der Waals surface area contributed by atoms with E-state index >= 15 is 0 Å². The molecule has 1 saturated heterocycles. The maximum absolute atomic E-state index is 6.20. The Labute approximate surface area is 153 Å². The van der Waals surface area contributed by atoms with Crippen LogP contribution in [0.4, 0.5) is 0 Å². The second-order valence-electron chi connectivity index (χ2n) is 8.81. The van der Waals surface area contributed by atoms with Crippen LogP contribution < -0.4 is 0 Å². The lowest BCUT2D eigenvalue weighted by Crippen LogP contribution is -2.61. The number of H-pyrrole nitrogens is 1. The molecule has 2 atom stereocenters. The normalized spacial score (nSPS) is 31.8. The summed E-state index contributed by atoms with van der Waals surface area (Å²) in [7, 11) is 2.01. The molecular weight excluding hydrogens is 330 g/mol. The van der Waals surface area contributed by atoms with Gasteiger partial charge in [0.1, 0.15) is 12.0 Å². The van der Waals surface area contributed by atoms with Crippen molar-refractivity contribution in [2.45, 2.75) is 57.7 Å². The van der Waals surface area contributed by atoms with Gasteiger partial charge in [-0.05, 0) is 25.2 Å². The highest BCUT2D eigenvalue weighted by molar-refractivity contribution is 5.59. The molecule has 2 aliphatic carbocycles. The van der Waals surface area contributed by atoms with Gasteiger partial charge in [-0.25, -0.2) is 4.98 Å². The molecule has 3 heterocycles. The van der Waals surface area contributed by atoms with Crippen LogP contribution in [0.2, 0.25) is 0 Å². The summed E-state index contributed by atoms with van der Waals surface area (Å²) in [6.07, 6.45) is 5.61. The summed E-state index contributed by atoms with van der Waals surface area (Å²) >= 11 is 0. The molecule has 1 saturated carbocycles. The number of aromatic nitrogens is 5. The Hall–Kier alpha value is -1.73. The van der Waals surface area contributed by atoms with Crippen LogP contribution in [0.3, 0.4) is 0 Å². The fourth-order valence-electron chi connectivity index (χ4n) is 6.08. The van der Waals surface area contributed by atoms with E-state index < -0.39 is 5.79 Å². The average molecular weight is 357 g/mol. The molecule has 0 bridgehead atoms. The van der Waals surface area contributed by atoms with Crippen LogP contribution in [0.1, 0.15) is 51.3 Å². The van der Waals surface area contributed by atoms with E-state index in [1.54, 1.807) is 6.33 Å². The number of fused-ring (bicyclic) bond motifs is 3. The predicted octanol–water partition coefficient (Wildman–Crippen LogP) is 2.59. The van der Waals surface area contributed by atoms with Gasteiger partial charge < -0.3 is 9.47 Å². The number of hydrogen-bond donors (Lipinski definition) is 1. The molecule has 2 aromatic heterocycles. The van der Waals surface area contributed by atoms with E-state index in [-0.39, 0.29) is 10.8 Å². The van der Waals surface area contributed by atoms with Crippen molar-refractivity contribution in [1.82, 2.24) is 25.0 Å². The van der Waals surface area contributed by atoms with Crippen molar-refractivity contribution in [3.05, 3.63) is 17.6 Å². The third kappa shape index (κ3) is 1.88. The monoisotopic (exact) mass is 357 g/mol. The van der Waals surface area contributed by atoms with Gasteiger partial charge in [0.05, 0.1) is 18.9 Å². The smallest absolute Gasteiger partial charge is 0.174 e. The van der Waals surface area contributed by atoms with Crippen LogP contribution in [-0.2, 0) is 28.4 Å². The van der Waals surface area contributed by atoms with Crippen LogP contribution in [0.15, 0.2) is 6.33 Å². The highest BCUT2D eigenvalue weighted by Crippen LogP contribution is 2.62. The molecule has 1 spiro atoms. The molecule has 3 aliphatic rings. The first kappa shape index (κ1) is 16.4. The lowest BCUT2D eigenvalue weighted by molar-refractivity contribution is -0.276. The lowest BCUT2D eigenvalue weighted by atomic mass is 9.49. The molecule has 0 amide bonds. The quantitative estimate of drug-likeness (QED) is 0.849. The molecule has 1 N–H and O–H groups in total. The molecular formula is C19H27N5O2. The summed E-state index contributed by atoms with van der Waals surface area (Å²) in [5.74, 6) is 0.834. The van der Waals surface area contributed by atoms with Gasteiger partial charge in [0.2, 0.25) is 0 Å². The molecule has 2 fully saturated rings. The number of nitrogens with zero attached hydrogens (tertiary/aromatic N) is 4. The Balaban J connectivity index is 1.62. The standard InChI is InChI=1S/C19H27N5O2/c1-17(2)13-6-5-12-14(16-20-11-21-22-16)24(4)23-15(12)18(13,3)7-8-19(17)25-9-10-26-19/h11,13H,5-10H2,1-4H3,(H,20,21,22)/t13-,18?/m0/s1. The van der Waals surface area contributed by atoms with Gasteiger partial charge in [0.15, 0.2) is 11.6 Å². The highest BCUT2D eigenvalue weighted by atomic mass is 16.7. The first-order valence-corrected chi connectivity index (χ1v) is 9.59. The number of nitrogens with one attached hydrogen (secondary N) is 1. The minimum absolute atomic E-state index is 0.0215.